The zero-order valence-corrected chi connectivity index (χ0v) is 22.3. The van der Waals surface area contributed by atoms with Crippen molar-refractivity contribution >= 4 is 0 Å². The summed E-state index contributed by atoms with van der Waals surface area (Å²) in [7, 11) is 0. The van der Waals surface area contributed by atoms with E-state index in [1.165, 1.54) is 44.1 Å². The van der Waals surface area contributed by atoms with Gasteiger partial charge in [-0.3, -0.25) is 0 Å². The smallest absolute Gasteiger partial charge is 0.0655 e. The maximum atomic E-state index is 10.8. The fraction of sp³-hybridized carbons (Fsp3) is 0.867. The molecule has 8 atom stereocenters. The van der Waals surface area contributed by atoms with E-state index in [4.69, 9.17) is 0 Å². The predicted molar refractivity (Wildman–Crippen MR) is 138 cm³/mol. The fourth-order valence-electron chi connectivity index (χ4n) is 7.80. The van der Waals surface area contributed by atoms with Crippen LogP contribution in [0.4, 0.5) is 0 Å². The highest BCUT2D eigenvalue weighted by atomic mass is 16.3. The summed E-state index contributed by atoms with van der Waals surface area (Å²) in [6.45, 7) is 13.1. The van der Waals surface area contributed by atoms with Crippen molar-refractivity contribution in [3.05, 3.63) is 23.3 Å². The predicted octanol–water partition coefficient (Wildman–Crippen LogP) is 6.81. The molecular weight excluding hydrogens is 408 g/mol. The molecule has 0 spiro atoms. The van der Waals surface area contributed by atoms with Gasteiger partial charge in [0.2, 0.25) is 0 Å². The molecule has 0 aromatic rings. The lowest BCUT2D eigenvalue weighted by atomic mass is 9.60. The van der Waals surface area contributed by atoms with Crippen LogP contribution in [0.5, 0.6) is 0 Å². The molecule has 3 N–H and O–H groups in total. The molecule has 0 saturated heterocycles. The van der Waals surface area contributed by atoms with Gasteiger partial charge in [0.1, 0.15) is 0 Å². The van der Waals surface area contributed by atoms with E-state index in [1.54, 1.807) is 5.57 Å². The fourth-order valence-corrected chi connectivity index (χ4v) is 7.80. The van der Waals surface area contributed by atoms with Gasteiger partial charge in [0, 0.05) is 11.8 Å². The van der Waals surface area contributed by atoms with E-state index < -0.39 is 17.8 Å². The molecule has 0 bridgehead atoms. The van der Waals surface area contributed by atoms with Gasteiger partial charge in [0.25, 0.3) is 0 Å². The van der Waals surface area contributed by atoms with Crippen LogP contribution in [0.3, 0.4) is 0 Å². The molecule has 0 radical (unpaired) electrons. The molecule has 0 aromatic heterocycles. The van der Waals surface area contributed by atoms with Gasteiger partial charge in [-0.15, -0.1) is 0 Å². The highest BCUT2D eigenvalue weighted by molar-refractivity contribution is 5.27. The Hall–Kier alpha value is -0.640. The Balaban J connectivity index is 1.70. The Labute approximate surface area is 203 Å². The summed E-state index contributed by atoms with van der Waals surface area (Å²) in [6.07, 6.45) is 16.0. The Bertz CT molecular complexity index is 702. The first-order valence-corrected chi connectivity index (χ1v) is 14.0. The molecule has 3 rings (SSSR count). The minimum Gasteiger partial charge on any atom is -0.392 e. The van der Waals surface area contributed by atoms with Crippen molar-refractivity contribution in [1.82, 2.24) is 0 Å². The van der Waals surface area contributed by atoms with Crippen LogP contribution in [-0.2, 0) is 0 Å². The van der Waals surface area contributed by atoms with Crippen LogP contribution in [0.1, 0.15) is 112 Å². The summed E-state index contributed by atoms with van der Waals surface area (Å²) < 4.78 is 0. The van der Waals surface area contributed by atoms with Crippen LogP contribution in [0.15, 0.2) is 23.3 Å². The molecule has 3 fully saturated rings. The molecule has 33 heavy (non-hydrogen) atoms. The number of fused-ring (bicyclic) bond motifs is 1. The average molecular weight is 461 g/mol. The Kier molecular flexibility index (Phi) is 8.95. The topological polar surface area (TPSA) is 60.7 Å². The number of hydrogen-bond acceptors (Lipinski definition) is 3. The van der Waals surface area contributed by atoms with Crippen molar-refractivity contribution in [3.8, 4) is 0 Å². The van der Waals surface area contributed by atoms with Gasteiger partial charge in [0.05, 0.1) is 17.8 Å². The molecule has 3 saturated carbocycles. The molecule has 3 nitrogen and oxygen atoms in total. The molecule has 0 aliphatic heterocycles. The molecule has 0 aromatic carbocycles. The van der Waals surface area contributed by atoms with E-state index in [-0.39, 0.29) is 11.8 Å². The lowest BCUT2D eigenvalue weighted by molar-refractivity contribution is -0.0335. The summed E-state index contributed by atoms with van der Waals surface area (Å²) in [4.78, 5) is 0. The molecule has 3 heteroatoms. The summed E-state index contributed by atoms with van der Waals surface area (Å²) in [5.41, 5.74) is 2.66. The quantitative estimate of drug-likeness (QED) is 0.373. The third kappa shape index (κ3) is 6.14. The van der Waals surface area contributed by atoms with E-state index in [0.29, 0.717) is 23.7 Å². The second-order valence-electron chi connectivity index (χ2n) is 12.8. The summed E-state index contributed by atoms with van der Waals surface area (Å²) in [6, 6.07) is 0. The van der Waals surface area contributed by atoms with Crippen molar-refractivity contribution in [1.29, 1.82) is 0 Å². The number of aliphatic hydroxyl groups is 3. The molecule has 0 amide bonds. The van der Waals surface area contributed by atoms with Gasteiger partial charge in [0.15, 0.2) is 0 Å². The zero-order chi connectivity index (χ0) is 24.4. The zero-order valence-electron chi connectivity index (χ0n) is 22.3. The van der Waals surface area contributed by atoms with E-state index in [0.717, 1.165) is 31.6 Å². The standard InChI is InChI=1S/C30H52O3/c1-7-10-24-27(31)19-23(21(3)28(24)32)14-13-22-12-9-18-30(6)25(15-16-26(22)30)20(2)11-8-17-29(4,5)33/h13-14,20-21,24-28,31-33H,7-12,15-19H2,1-6H3/b22-13+,23-14-/t20-,21?,24+,25-,26+,27-,28-,30-/m1/s1. The van der Waals surface area contributed by atoms with Crippen LogP contribution in [0.2, 0.25) is 0 Å². The van der Waals surface area contributed by atoms with Gasteiger partial charge >= 0.3 is 0 Å². The van der Waals surface area contributed by atoms with Crippen LogP contribution in [-0.4, -0.2) is 33.1 Å². The van der Waals surface area contributed by atoms with E-state index in [9.17, 15) is 15.3 Å². The second-order valence-corrected chi connectivity index (χ2v) is 12.8. The minimum atomic E-state index is -0.552. The summed E-state index contributed by atoms with van der Waals surface area (Å²) >= 11 is 0. The van der Waals surface area contributed by atoms with Gasteiger partial charge in [-0.25, -0.2) is 0 Å². The lowest BCUT2D eigenvalue weighted by Crippen LogP contribution is -2.42. The van der Waals surface area contributed by atoms with E-state index in [2.05, 4.69) is 39.8 Å². The van der Waals surface area contributed by atoms with Crippen LogP contribution in [0.25, 0.3) is 0 Å². The van der Waals surface area contributed by atoms with Crippen molar-refractivity contribution in [2.45, 2.75) is 130 Å². The number of rotatable bonds is 8. The molecular formula is C30H52O3. The van der Waals surface area contributed by atoms with Crippen LogP contribution < -0.4 is 0 Å². The van der Waals surface area contributed by atoms with Crippen molar-refractivity contribution in [2.24, 2.45) is 35.0 Å². The van der Waals surface area contributed by atoms with Gasteiger partial charge in [-0.1, -0.05) is 70.3 Å². The Morgan fingerprint density at radius 1 is 1.15 bits per heavy atom. The van der Waals surface area contributed by atoms with E-state index in [1.807, 2.05) is 13.8 Å². The maximum absolute atomic E-state index is 10.8. The summed E-state index contributed by atoms with van der Waals surface area (Å²) in [5.74, 6) is 2.29. The monoisotopic (exact) mass is 460 g/mol. The SMILES string of the molecule is CCC[C@H]1[C@H](O)C/C(=C/C=C2\CCC[C@]3(C)[C@@H]([C@H](C)CCCC(C)(C)O)CC[C@@H]23)C(C)[C@H]1O. The first kappa shape index (κ1) is 27.0. The van der Waals surface area contributed by atoms with Crippen LogP contribution in [0, 0.1) is 35.0 Å². The lowest BCUT2D eigenvalue weighted by Gasteiger charge is -2.44. The third-order valence-corrected chi connectivity index (χ3v) is 9.78. The molecule has 190 valence electrons. The molecule has 0 heterocycles. The highest BCUT2D eigenvalue weighted by Gasteiger charge is 2.50. The normalized spacial score (nSPS) is 40.9. The van der Waals surface area contributed by atoms with Crippen LogP contribution >= 0.6 is 0 Å². The molecule has 3 aliphatic rings. The number of allylic oxidation sites excluding steroid dienone is 3. The largest absolute Gasteiger partial charge is 0.392 e. The van der Waals surface area contributed by atoms with Crippen molar-refractivity contribution in [3.63, 3.8) is 0 Å². The maximum Gasteiger partial charge on any atom is 0.0655 e. The third-order valence-electron chi connectivity index (χ3n) is 9.78. The molecule has 3 aliphatic carbocycles. The van der Waals surface area contributed by atoms with Crippen molar-refractivity contribution in [2.75, 3.05) is 0 Å². The second kappa shape index (κ2) is 11.0. The number of hydrogen-bond donors (Lipinski definition) is 3. The van der Waals surface area contributed by atoms with Gasteiger partial charge < -0.3 is 15.3 Å². The first-order valence-electron chi connectivity index (χ1n) is 14.0. The minimum absolute atomic E-state index is 0.0151. The number of aliphatic hydroxyl groups excluding tert-OH is 2. The summed E-state index contributed by atoms with van der Waals surface area (Å²) in [5, 5.41) is 31.6. The van der Waals surface area contributed by atoms with E-state index >= 15 is 0 Å². The van der Waals surface area contributed by atoms with Gasteiger partial charge in [-0.05, 0) is 88.4 Å². The Morgan fingerprint density at radius 3 is 2.52 bits per heavy atom. The highest BCUT2D eigenvalue weighted by Crippen LogP contribution is 2.60. The average Bonchev–Trinajstić information content (AvgIpc) is 3.09. The molecule has 1 unspecified atom stereocenters. The van der Waals surface area contributed by atoms with Gasteiger partial charge in [-0.2, -0.15) is 0 Å². The van der Waals surface area contributed by atoms with Crippen molar-refractivity contribution < 1.29 is 15.3 Å². The Morgan fingerprint density at radius 2 is 1.85 bits per heavy atom. The first-order chi connectivity index (χ1) is 15.5.